The maximum atomic E-state index is 12.0. The largest absolute Gasteiger partial charge is 0.480 e. The number of ether oxygens (including phenoxy) is 1. The number of carbonyl (C=O) groups is 1. The van der Waals surface area contributed by atoms with Gasteiger partial charge in [0.15, 0.2) is 6.10 Å². The van der Waals surface area contributed by atoms with E-state index < -0.39 is 6.10 Å². The zero-order chi connectivity index (χ0) is 15.2. The molecule has 6 heteroatoms. The van der Waals surface area contributed by atoms with Crippen molar-refractivity contribution >= 4 is 21.8 Å². The molecule has 21 heavy (non-hydrogen) atoms. The van der Waals surface area contributed by atoms with Gasteiger partial charge in [0.2, 0.25) is 0 Å². The van der Waals surface area contributed by atoms with E-state index in [1.54, 1.807) is 31.4 Å². The van der Waals surface area contributed by atoms with E-state index in [9.17, 15) is 4.79 Å². The number of hydrogen-bond acceptors (Lipinski definition) is 4. The number of hydrogen-bond donors (Lipinski definition) is 2. The highest BCUT2D eigenvalue weighted by molar-refractivity contribution is 9.10. The van der Waals surface area contributed by atoms with Crippen molar-refractivity contribution in [2.75, 3.05) is 0 Å². The van der Waals surface area contributed by atoms with E-state index in [0.717, 1.165) is 10.0 Å². The lowest BCUT2D eigenvalue weighted by Gasteiger charge is -2.15. The Morgan fingerprint density at radius 1 is 1.48 bits per heavy atom. The molecular weight excluding hydrogens is 336 g/mol. The van der Waals surface area contributed by atoms with Gasteiger partial charge in [-0.05, 0) is 52.7 Å². The zero-order valence-corrected chi connectivity index (χ0v) is 13.2. The van der Waals surface area contributed by atoms with Gasteiger partial charge in [-0.15, -0.1) is 0 Å². The van der Waals surface area contributed by atoms with Crippen LogP contribution in [-0.2, 0) is 17.9 Å². The molecule has 0 saturated carbocycles. The molecule has 1 unspecified atom stereocenters. The van der Waals surface area contributed by atoms with Crippen molar-refractivity contribution in [1.82, 2.24) is 5.32 Å². The second-order valence-electron chi connectivity index (χ2n) is 4.53. The minimum Gasteiger partial charge on any atom is -0.480 e. The first-order chi connectivity index (χ1) is 10.1. The second-order valence-corrected chi connectivity index (χ2v) is 5.38. The Morgan fingerprint density at radius 3 is 2.90 bits per heavy atom. The molecule has 1 atom stereocenters. The van der Waals surface area contributed by atoms with Gasteiger partial charge in [0.25, 0.3) is 5.91 Å². The van der Waals surface area contributed by atoms with Crippen LogP contribution in [0.1, 0.15) is 18.2 Å². The van der Waals surface area contributed by atoms with Crippen molar-refractivity contribution in [2.24, 2.45) is 5.73 Å². The normalized spacial score (nSPS) is 12.0. The van der Waals surface area contributed by atoms with E-state index in [1.165, 1.54) is 0 Å². The molecule has 0 saturated heterocycles. The van der Waals surface area contributed by atoms with E-state index in [0.29, 0.717) is 24.6 Å². The Kier molecular flexibility index (Phi) is 5.41. The Hall–Kier alpha value is -1.79. The fourth-order valence-electron chi connectivity index (χ4n) is 1.74. The number of halogens is 1. The van der Waals surface area contributed by atoms with Crippen LogP contribution in [0.5, 0.6) is 5.75 Å². The van der Waals surface area contributed by atoms with E-state index >= 15 is 0 Å². The summed E-state index contributed by atoms with van der Waals surface area (Å²) in [5.74, 6) is 1.10. The van der Waals surface area contributed by atoms with Gasteiger partial charge < -0.3 is 20.2 Å². The predicted molar refractivity (Wildman–Crippen MR) is 82.7 cm³/mol. The molecule has 2 rings (SSSR count). The van der Waals surface area contributed by atoms with Crippen LogP contribution < -0.4 is 15.8 Å². The third-order valence-electron chi connectivity index (χ3n) is 2.92. The van der Waals surface area contributed by atoms with E-state index in [-0.39, 0.29) is 5.91 Å². The van der Waals surface area contributed by atoms with Crippen LogP contribution in [0.15, 0.2) is 45.5 Å². The quantitative estimate of drug-likeness (QED) is 0.837. The van der Waals surface area contributed by atoms with Crippen molar-refractivity contribution in [2.45, 2.75) is 26.1 Å². The Bertz CT molecular complexity index is 599. The van der Waals surface area contributed by atoms with Gasteiger partial charge in [0, 0.05) is 6.54 Å². The molecule has 0 aliphatic rings. The first-order valence-corrected chi connectivity index (χ1v) is 7.34. The molecule has 1 aromatic carbocycles. The summed E-state index contributed by atoms with van der Waals surface area (Å²) < 4.78 is 11.6. The highest BCUT2D eigenvalue weighted by Gasteiger charge is 2.16. The molecule has 3 N–H and O–H groups in total. The number of benzene rings is 1. The maximum absolute atomic E-state index is 12.0. The summed E-state index contributed by atoms with van der Waals surface area (Å²) >= 11 is 3.41. The van der Waals surface area contributed by atoms with Crippen LogP contribution in [-0.4, -0.2) is 12.0 Å². The molecule has 0 aliphatic carbocycles. The number of furan rings is 1. The maximum Gasteiger partial charge on any atom is 0.261 e. The van der Waals surface area contributed by atoms with Crippen LogP contribution >= 0.6 is 15.9 Å². The summed E-state index contributed by atoms with van der Waals surface area (Å²) in [7, 11) is 0. The smallest absolute Gasteiger partial charge is 0.261 e. The highest BCUT2D eigenvalue weighted by atomic mass is 79.9. The molecule has 112 valence electrons. The highest BCUT2D eigenvalue weighted by Crippen LogP contribution is 2.26. The summed E-state index contributed by atoms with van der Waals surface area (Å²) in [4.78, 5) is 12.0. The summed E-state index contributed by atoms with van der Waals surface area (Å²) in [6.45, 7) is 2.49. The van der Waals surface area contributed by atoms with Crippen molar-refractivity contribution in [3.63, 3.8) is 0 Å². The van der Waals surface area contributed by atoms with Gasteiger partial charge in [0.05, 0.1) is 17.3 Å². The first-order valence-electron chi connectivity index (χ1n) is 6.55. The van der Waals surface area contributed by atoms with Crippen molar-refractivity contribution in [3.8, 4) is 5.75 Å². The van der Waals surface area contributed by atoms with Gasteiger partial charge in [-0.2, -0.15) is 0 Å². The van der Waals surface area contributed by atoms with Gasteiger partial charge in [0.1, 0.15) is 11.5 Å². The van der Waals surface area contributed by atoms with Gasteiger partial charge in [-0.1, -0.05) is 6.07 Å². The number of carbonyl (C=O) groups excluding carboxylic acids is 1. The van der Waals surface area contributed by atoms with Crippen LogP contribution in [0.4, 0.5) is 0 Å². The standard InChI is InChI=1S/C15H17BrN2O3/c1-10(15(19)18-9-12-3-2-6-20-12)21-14-5-4-11(8-17)7-13(14)16/h2-7,10H,8-9,17H2,1H3,(H,18,19). The van der Waals surface area contributed by atoms with Gasteiger partial charge in [-0.3, -0.25) is 4.79 Å². The molecule has 0 aliphatic heterocycles. The van der Waals surface area contributed by atoms with Crippen LogP contribution in [0.25, 0.3) is 0 Å². The average molecular weight is 353 g/mol. The van der Waals surface area contributed by atoms with Gasteiger partial charge >= 0.3 is 0 Å². The fourth-order valence-corrected chi connectivity index (χ4v) is 2.26. The zero-order valence-electron chi connectivity index (χ0n) is 11.6. The lowest BCUT2D eigenvalue weighted by Crippen LogP contribution is -2.35. The topological polar surface area (TPSA) is 77.5 Å². The molecule has 1 amide bonds. The number of rotatable bonds is 6. The summed E-state index contributed by atoms with van der Waals surface area (Å²) in [6, 6.07) is 9.12. The molecule has 1 heterocycles. The number of nitrogens with one attached hydrogen (secondary N) is 1. The average Bonchev–Trinajstić information content (AvgIpc) is 3.00. The van der Waals surface area contributed by atoms with E-state index in [4.69, 9.17) is 14.9 Å². The molecule has 0 fully saturated rings. The number of amides is 1. The van der Waals surface area contributed by atoms with Crippen LogP contribution in [0.3, 0.4) is 0 Å². The Labute approximate surface area is 131 Å². The van der Waals surface area contributed by atoms with E-state index in [2.05, 4.69) is 21.2 Å². The third kappa shape index (κ3) is 4.34. The van der Waals surface area contributed by atoms with Crippen LogP contribution in [0, 0.1) is 0 Å². The molecule has 0 spiro atoms. The minimum atomic E-state index is -0.611. The fraction of sp³-hybridized carbons (Fsp3) is 0.267. The summed E-state index contributed by atoms with van der Waals surface area (Å²) in [6.07, 6.45) is 0.956. The minimum absolute atomic E-state index is 0.207. The Balaban J connectivity index is 1.91. The van der Waals surface area contributed by atoms with Gasteiger partial charge in [-0.25, -0.2) is 0 Å². The first kappa shape index (κ1) is 15.6. The SMILES string of the molecule is CC(Oc1ccc(CN)cc1Br)C(=O)NCc1ccco1. The molecule has 5 nitrogen and oxygen atoms in total. The summed E-state index contributed by atoms with van der Waals surface area (Å²) in [5.41, 5.74) is 6.56. The van der Waals surface area contributed by atoms with Crippen LogP contribution in [0.2, 0.25) is 0 Å². The number of nitrogens with two attached hydrogens (primary N) is 1. The molecule has 0 radical (unpaired) electrons. The lowest BCUT2D eigenvalue weighted by atomic mass is 10.2. The lowest BCUT2D eigenvalue weighted by molar-refractivity contribution is -0.127. The Morgan fingerprint density at radius 2 is 2.29 bits per heavy atom. The molecule has 0 bridgehead atoms. The molecule has 1 aromatic heterocycles. The summed E-state index contributed by atoms with van der Waals surface area (Å²) in [5, 5.41) is 2.75. The monoisotopic (exact) mass is 352 g/mol. The second kappa shape index (κ2) is 7.28. The van der Waals surface area contributed by atoms with Crippen molar-refractivity contribution < 1.29 is 13.9 Å². The van der Waals surface area contributed by atoms with Crippen molar-refractivity contribution in [1.29, 1.82) is 0 Å². The predicted octanol–water partition coefficient (Wildman–Crippen LogP) is 2.58. The molecular formula is C15H17BrN2O3. The molecule has 2 aromatic rings. The third-order valence-corrected chi connectivity index (χ3v) is 3.54. The van der Waals surface area contributed by atoms with E-state index in [1.807, 2.05) is 12.1 Å². The van der Waals surface area contributed by atoms with Crippen molar-refractivity contribution in [3.05, 3.63) is 52.4 Å².